The Hall–Kier alpha value is -3.61. The third-order valence-corrected chi connectivity index (χ3v) is 7.42. The molecule has 3 heterocycles. The summed E-state index contributed by atoms with van der Waals surface area (Å²) in [4.78, 5) is 21.6. The number of nitrogens with two attached hydrogens (primary N) is 1. The number of hydrogen-bond acceptors (Lipinski definition) is 4. The zero-order valence-corrected chi connectivity index (χ0v) is 20.7. The van der Waals surface area contributed by atoms with E-state index in [2.05, 4.69) is 11.0 Å². The van der Waals surface area contributed by atoms with Crippen molar-refractivity contribution in [2.24, 2.45) is 5.73 Å². The van der Waals surface area contributed by atoms with E-state index < -0.39 is 0 Å². The van der Waals surface area contributed by atoms with Crippen LogP contribution in [0.3, 0.4) is 0 Å². The van der Waals surface area contributed by atoms with Crippen LogP contribution < -0.4 is 16.2 Å². The molecule has 1 aliphatic heterocycles. The van der Waals surface area contributed by atoms with Crippen LogP contribution in [-0.4, -0.2) is 33.2 Å². The molecule has 3 aromatic carbocycles. The first-order valence-corrected chi connectivity index (χ1v) is 12.8. The molecule has 0 radical (unpaired) electrons. The Balaban J connectivity index is 1.63. The van der Waals surface area contributed by atoms with E-state index in [1.807, 2.05) is 81.9 Å². The van der Waals surface area contributed by atoms with E-state index >= 15 is 0 Å². The molecule has 6 nitrogen and oxygen atoms in total. The van der Waals surface area contributed by atoms with Crippen molar-refractivity contribution >= 4 is 39.5 Å². The second-order valence-corrected chi connectivity index (χ2v) is 9.94. The van der Waals surface area contributed by atoms with Gasteiger partial charge in [0.2, 0.25) is 5.95 Å². The molecule has 0 unspecified atom stereocenters. The van der Waals surface area contributed by atoms with Crippen LogP contribution in [0.15, 0.2) is 83.7 Å². The Labute approximate surface area is 214 Å². The first-order chi connectivity index (χ1) is 17.6. The number of piperidine rings is 1. The van der Waals surface area contributed by atoms with Crippen LogP contribution in [-0.2, 0) is 13.1 Å². The van der Waals surface area contributed by atoms with Crippen molar-refractivity contribution in [3.63, 3.8) is 0 Å². The number of benzene rings is 3. The van der Waals surface area contributed by atoms with Crippen molar-refractivity contribution < 1.29 is 0 Å². The van der Waals surface area contributed by atoms with Crippen molar-refractivity contribution in [3.05, 3.63) is 105 Å². The van der Waals surface area contributed by atoms with Crippen LogP contribution >= 0.6 is 11.6 Å². The Morgan fingerprint density at radius 3 is 2.47 bits per heavy atom. The first kappa shape index (κ1) is 22.8. The van der Waals surface area contributed by atoms with E-state index in [0.29, 0.717) is 30.2 Å². The SMILES string of the molecule is N[C@@H]1CCCN(c2nc3c4ccccc4n(Cc4ccccc4)c(=O)c3n2Cc2ccccc2Cl)C1. The lowest BCUT2D eigenvalue weighted by molar-refractivity contribution is 0.495. The molecule has 0 amide bonds. The van der Waals surface area contributed by atoms with Gasteiger partial charge in [0.25, 0.3) is 5.56 Å². The molecule has 2 N–H and O–H groups in total. The number of fused-ring (bicyclic) bond motifs is 3. The van der Waals surface area contributed by atoms with Crippen molar-refractivity contribution in [2.75, 3.05) is 18.0 Å². The molecule has 36 heavy (non-hydrogen) atoms. The average Bonchev–Trinajstić information content (AvgIpc) is 3.28. The smallest absolute Gasteiger partial charge is 0.277 e. The van der Waals surface area contributed by atoms with Gasteiger partial charge in [-0.1, -0.05) is 78.3 Å². The van der Waals surface area contributed by atoms with E-state index in [1.54, 1.807) is 0 Å². The summed E-state index contributed by atoms with van der Waals surface area (Å²) in [5.41, 5.74) is 10.5. The predicted octanol–water partition coefficient (Wildman–Crippen LogP) is 5.03. The molecule has 2 aromatic heterocycles. The third-order valence-electron chi connectivity index (χ3n) is 7.06. The molecule has 1 saturated heterocycles. The number of halogens is 1. The van der Waals surface area contributed by atoms with E-state index in [9.17, 15) is 4.79 Å². The highest BCUT2D eigenvalue weighted by atomic mass is 35.5. The first-order valence-electron chi connectivity index (χ1n) is 12.4. The highest BCUT2D eigenvalue weighted by Gasteiger charge is 2.26. The molecule has 5 aromatic rings. The number of hydrogen-bond donors (Lipinski definition) is 1. The molecule has 0 spiro atoms. The minimum Gasteiger partial charge on any atom is -0.341 e. The van der Waals surface area contributed by atoms with E-state index in [1.165, 1.54) is 0 Å². The topological polar surface area (TPSA) is 69.1 Å². The van der Waals surface area contributed by atoms with Gasteiger partial charge >= 0.3 is 0 Å². The summed E-state index contributed by atoms with van der Waals surface area (Å²) in [5, 5.41) is 1.63. The molecule has 7 heteroatoms. The fraction of sp³-hybridized carbons (Fsp3) is 0.241. The van der Waals surface area contributed by atoms with Crippen LogP contribution in [0.2, 0.25) is 5.02 Å². The number of anilines is 1. The van der Waals surface area contributed by atoms with Crippen LogP contribution in [0.5, 0.6) is 0 Å². The van der Waals surface area contributed by atoms with Gasteiger partial charge in [0.05, 0.1) is 18.6 Å². The molecule has 0 bridgehead atoms. The van der Waals surface area contributed by atoms with E-state index in [-0.39, 0.29) is 11.6 Å². The van der Waals surface area contributed by atoms with Crippen molar-refractivity contribution in [1.82, 2.24) is 14.1 Å². The maximum absolute atomic E-state index is 14.2. The number of rotatable bonds is 5. The van der Waals surface area contributed by atoms with Gasteiger partial charge < -0.3 is 19.8 Å². The molecular formula is C29H28ClN5O. The zero-order valence-electron chi connectivity index (χ0n) is 20.0. The Morgan fingerprint density at radius 2 is 1.67 bits per heavy atom. The largest absolute Gasteiger partial charge is 0.341 e. The van der Waals surface area contributed by atoms with Gasteiger partial charge in [-0.15, -0.1) is 0 Å². The summed E-state index contributed by atoms with van der Waals surface area (Å²) in [6, 6.07) is 26.0. The predicted molar refractivity (Wildman–Crippen MR) is 147 cm³/mol. The highest BCUT2D eigenvalue weighted by molar-refractivity contribution is 6.31. The Morgan fingerprint density at radius 1 is 0.917 bits per heavy atom. The maximum atomic E-state index is 14.2. The zero-order chi connectivity index (χ0) is 24.6. The van der Waals surface area contributed by atoms with Crippen LogP contribution in [0, 0.1) is 0 Å². The summed E-state index contributed by atoms with van der Waals surface area (Å²) in [6.45, 7) is 2.51. The molecular weight excluding hydrogens is 470 g/mol. The maximum Gasteiger partial charge on any atom is 0.277 e. The number of nitrogens with zero attached hydrogens (tertiary/aromatic N) is 4. The van der Waals surface area contributed by atoms with Gasteiger partial charge in [-0.05, 0) is 36.1 Å². The molecule has 182 valence electrons. The molecule has 1 aliphatic rings. The summed E-state index contributed by atoms with van der Waals surface area (Å²) >= 11 is 6.58. The molecule has 6 rings (SSSR count). The van der Waals surface area contributed by atoms with Gasteiger partial charge in [-0.3, -0.25) is 4.79 Å². The standard InChI is InChI=1S/C29H28ClN5O/c30-24-14-6-4-11-21(24)18-35-27-26(32-29(35)33-16-8-12-22(31)19-33)23-13-5-7-15-25(23)34(28(27)36)17-20-9-2-1-3-10-20/h1-7,9-11,13-15,22H,8,12,16-19,31H2/t22-/m1/s1. The van der Waals surface area contributed by atoms with Gasteiger partial charge in [-0.2, -0.15) is 0 Å². The van der Waals surface area contributed by atoms with Crippen LogP contribution in [0.1, 0.15) is 24.0 Å². The number of imidazole rings is 1. The normalized spacial score (nSPS) is 16.2. The fourth-order valence-electron chi connectivity index (χ4n) is 5.29. The van der Waals surface area contributed by atoms with Crippen LogP contribution in [0.25, 0.3) is 21.9 Å². The Bertz CT molecular complexity index is 1610. The molecule has 1 fully saturated rings. The lowest BCUT2D eigenvalue weighted by Gasteiger charge is -2.32. The number of aromatic nitrogens is 3. The number of pyridine rings is 1. The van der Waals surface area contributed by atoms with Gasteiger partial charge in [0.1, 0.15) is 11.0 Å². The minimum absolute atomic E-state index is 0.0559. The lowest BCUT2D eigenvalue weighted by Crippen LogP contribution is -2.44. The monoisotopic (exact) mass is 497 g/mol. The summed E-state index contributed by atoms with van der Waals surface area (Å²) in [6.07, 6.45) is 1.99. The van der Waals surface area contributed by atoms with Gasteiger partial charge in [-0.25, -0.2) is 4.98 Å². The molecule has 0 saturated carbocycles. The van der Waals surface area contributed by atoms with Crippen molar-refractivity contribution in [3.8, 4) is 0 Å². The van der Waals surface area contributed by atoms with Gasteiger partial charge in [0.15, 0.2) is 0 Å². The van der Waals surface area contributed by atoms with Crippen LogP contribution in [0.4, 0.5) is 5.95 Å². The second-order valence-electron chi connectivity index (χ2n) is 9.53. The third kappa shape index (κ3) is 4.06. The lowest BCUT2D eigenvalue weighted by atomic mass is 10.1. The Kier molecular flexibility index (Phi) is 5.99. The molecule has 1 atom stereocenters. The second kappa shape index (κ2) is 9.45. The summed E-state index contributed by atoms with van der Waals surface area (Å²) in [5.74, 6) is 0.778. The van der Waals surface area contributed by atoms with Crippen molar-refractivity contribution in [1.29, 1.82) is 0 Å². The summed E-state index contributed by atoms with van der Waals surface area (Å²) in [7, 11) is 0. The summed E-state index contributed by atoms with van der Waals surface area (Å²) < 4.78 is 3.91. The fourth-order valence-corrected chi connectivity index (χ4v) is 5.49. The average molecular weight is 498 g/mol. The van der Waals surface area contributed by atoms with E-state index in [0.717, 1.165) is 52.9 Å². The minimum atomic E-state index is -0.0559. The van der Waals surface area contributed by atoms with E-state index in [4.69, 9.17) is 22.3 Å². The highest BCUT2D eigenvalue weighted by Crippen LogP contribution is 2.30. The quantitative estimate of drug-likeness (QED) is 0.370. The number of para-hydroxylation sites is 1. The van der Waals surface area contributed by atoms with Crippen molar-refractivity contribution in [2.45, 2.75) is 32.0 Å². The van der Waals surface area contributed by atoms with Gasteiger partial charge in [0, 0.05) is 29.5 Å². The molecule has 0 aliphatic carbocycles.